The Morgan fingerprint density at radius 2 is 1.75 bits per heavy atom. The van der Waals surface area contributed by atoms with Gasteiger partial charge in [0.05, 0.1) is 22.1 Å². The third-order valence-corrected chi connectivity index (χ3v) is 4.28. The van der Waals surface area contributed by atoms with E-state index >= 15 is 0 Å². The fraction of sp³-hybridized carbons (Fsp3) is 0. The number of pyridine rings is 2. The topological polar surface area (TPSA) is 74.4 Å². The maximum absolute atomic E-state index is 12.8. The highest BCUT2D eigenvalue weighted by molar-refractivity contribution is 6.03. The van der Waals surface area contributed by atoms with Crippen molar-refractivity contribution in [1.29, 1.82) is 0 Å². The maximum atomic E-state index is 12.8. The van der Waals surface area contributed by atoms with Crippen molar-refractivity contribution in [2.75, 3.05) is 0 Å². The van der Waals surface area contributed by atoms with Crippen LogP contribution in [0.25, 0.3) is 44.2 Å². The summed E-state index contributed by atoms with van der Waals surface area (Å²) in [7, 11) is 0. The summed E-state index contributed by atoms with van der Waals surface area (Å²) in [4.78, 5) is 28.2. The van der Waals surface area contributed by atoms with E-state index in [1.807, 2.05) is 48.5 Å². The summed E-state index contributed by atoms with van der Waals surface area (Å²) >= 11 is 0. The first-order chi connectivity index (χ1) is 11.8. The summed E-state index contributed by atoms with van der Waals surface area (Å²) in [5.41, 5.74) is 3.90. The van der Waals surface area contributed by atoms with Gasteiger partial charge in [-0.1, -0.05) is 12.1 Å². The van der Waals surface area contributed by atoms with Gasteiger partial charge in [0.2, 0.25) is 0 Å². The van der Waals surface area contributed by atoms with Crippen LogP contribution in [-0.4, -0.2) is 19.9 Å². The Morgan fingerprint density at radius 3 is 2.71 bits per heavy atom. The number of fused-ring (bicyclic) bond motifs is 4. The normalized spacial score (nSPS) is 11.5. The molecule has 0 fully saturated rings. The van der Waals surface area contributed by atoms with Crippen LogP contribution in [0.1, 0.15) is 0 Å². The third-order valence-electron chi connectivity index (χ3n) is 4.28. The van der Waals surface area contributed by atoms with E-state index in [-0.39, 0.29) is 5.43 Å². The number of hydrogen-bond acceptors (Lipinski definition) is 3. The molecule has 3 heterocycles. The minimum Gasteiger partial charge on any atom is -0.360 e. The van der Waals surface area contributed by atoms with Crippen LogP contribution in [0.5, 0.6) is 0 Å². The van der Waals surface area contributed by atoms with Crippen LogP contribution in [0.3, 0.4) is 0 Å². The van der Waals surface area contributed by atoms with Gasteiger partial charge < -0.3 is 9.97 Å². The van der Waals surface area contributed by atoms with Crippen LogP contribution in [0.15, 0.2) is 65.7 Å². The summed E-state index contributed by atoms with van der Waals surface area (Å²) in [6.45, 7) is 0. The molecule has 24 heavy (non-hydrogen) atoms. The van der Waals surface area contributed by atoms with E-state index in [0.717, 1.165) is 27.5 Å². The molecule has 114 valence electrons. The standard InChI is InChI=1S/C19H12N4O/c24-18-12-4-1-2-6-14(12)21-10-13(18)19-22-16-8-7-15-11(17(16)23-19)5-3-9-20-15/h1-10H,(H,21,24)(H,22,23). The monoisotopic (exact) mass is 312 g/mol. The molecule has 0 saturated carbocycles. The summed E-state index contributed by atoms with van der Waals surface area (Å²) < 4.78 is 0. The summed E-state index contributed by atoms with van der Waals surface area (Å²) in [5, 5.41) is 1.62. The van der Waals surface area contributed by atoms with Gasteiger partial charge in [0.25, 0.3) is 0 Å². The lowest BCUT2D eigenvalue weighted by Crippen LogP contribution is -2.06. The maximum Gasteiger partial charge on any atom is 0.200 e. The molecule has 0 bridgehead atoms. The fourth-order valence-corrected chi connectivity index (χ4v) is 3.10. The van der Waals surface area contributed by atoms with Gasteiger partial charge in [-0.2, -0.15) is 0 Å². The van der Waals surface area contributed by atoms with Crippen LogP contribution < -0.4 is 5.43 Å². The molecule has 2 N–H and O–H groups in total. The second kappa shape index (κ2) is 4.76. The Kier molecular flexibility index (Phi) is 2.58. The molecule has 0 spiro atoms. The molecular formula is C19H12N4O. The number of nitrogens with zero attached hydrogens (tertiary/aromatic N) is 2. The van der Waals surface area contributed by atoms with Gasteiger partial charge in [-0.15, -0.1) is 0 Å². The number of aromatic nitrogens is 4. The van der Waals surface area contributed by atoms with E-state index in [9.17, 15) is 4.79 Å². The molecule has 5 rings (SSSR count). The number of nitrogens with one attached hydrogen (secondary N) is 2. The molecule has 5 aromatic rings. The van der Waals surface area contributed by atoms with Gasteiger partial charge in [-0.3, -0.25) is 9.78 Å². The number of rotatable bonds is 1. The zero-order valence-corrected chi connectivity index (χ0v) is 12.6. The van der Waals surface area contributed by atoms with Crippen LogP contribution in [-0.2, 0) is 0 Å². The van der Waals surface area contributed by atoms with E-state index in [2.05, 4.69) is 19.9 Å². The minimum atomic E-state index is -0.0363. The van der Waals surface area contributed by atoms with Crippen molar-refractivity contribution in [3.63, 3.8) is 0 Å². The zero-order valence-electron chi connectivity index (χ0n) is 12.6. The van der Waals surface area contributed by atoms with Gasteiger partial charge in [0.1, 0.15) is 5.82 Å². The Labute approximate surface area is 136 Å². The minimum absolute atomic E-state index is 0.0363. The van der Waals surface area contributed by atoms with Gasteiger partial charge in [-0.05, 0) is 36.4 Å². The third kappa shape index (κ3) is 1.78. The Morgan fingerprint density at radius 1 is 0.875 bits per heavy atom. The van der Waals surface area contributed by atoms with Crippen LogP contribution in [0, 0.1) is 0 Å². The van der Waals surface area contributed by atoms with Crippen molar-refractivity contribution in [3.05, 3.63) is 71.1 Å². The van der Waals surface area contributed by atoms with E-state index in [0.29, 0.717) is 16.8 Å². The van der Waals surface area contributed by atoms with E-state index in [1.54, 1.807) is 12.4 Å². The smallest absolute Gasteiger partial charge is 0.200 e. The molecule has 0 radical (unpaired) electrons. The molecule has 0 saturated heterocycles. The van der Waals surface area contributed by atoms with Crippen molar-refractivity contribution in [3.8, 4) is 11.4 Å². The average Bonchev–Trinajstić information content (AvgIpc) is 3.07. The van der Waals surface area contributed by atoms with E-state index in [4.69, 9.17) is 0 Å². The number of H-pyrrole nitrogens is 2. The quantitative estimate of drug-likeness (QED) is 0.496. The molecule has 3 aromatic heterocycles. The molecule has 0 amide bonds. The van der Waals surface area contributed by atoms with Crippen LogP contribution in [0.2, 0.25) is 0 Å². The molecular weight excluding hydrogens is 300 g/mol. The van der Waals surface area contributed by atoms with E-state index in [1.165, 1.54) is 0 Å². The molecule has 5 nitrogen and oxygen atoms in total. The Bertz CT molecular complexity index is 1280. The number of imidazole rings is 1. The highest BCUT2D eigenvalue weighted by Gasteiger charge is 2.13. The van der Waals surface area contributed by atoms with Gasteiger partial charge >= 0.3 is 0 Å². The molecule has 0 unspecified atom stereocenters. The zero-order chi connectivity index (χ0) is 16.1. The highest BCUT2D eigenvalue weighted by Crippen LogP contribution is 2.25. The van der Waals surface area contributed by atoms with Gasteiger partial charge in [-0.25, -0.2) is 4.98 Å². The number of para-hydroxylation sites is 1. The number of benzene rings is 2. The lowest BCUT2D eigenvalue weighted by atomic mass is 10.1. The molecule has 5 heteroatoms. The lowest BCUT2D eigenvalue weighted by molar-refractivity contribution is 1.29. The van der Waals surface area contributed by atoms with Crippen molar-refractivity contribution < 1.29 is 0 Å². The van der Waals surface area contributed by atoms with Gasteiger partial charge in [0, 0.05) is 28.7 Å². The lowest BCUT2D eigenvalue weighted by Gasteiger charge is -2.00. The molecule has 0 aliphatic rings. The first-order valence-electron chi connectivity index (χ1n) is 7.65. The SMILES string of the molecule is O=c1c(-c2nc3c(ccc4ncccc43)[nH]2)c[nH]c2ccccc12. The van der Waals surface area contributed by atoms with Crippen molar-refractivity contribution in [1.82, 2.24) is 19.9 Å². The summed E-state index contributed by atoms with van der Waals surface area (Å²) in [6, 6.07) is 15.2. The van der Waals surface area contributed by atoms with E-state index < -0.39 is 0 Å². The van der Waals surface area contributed by atoms with Crippen molar-refractivity contribution in [2.45, 2.75) is 0 Å². The number of aromatic amines is 2. The second-order valence-corrected chi connectivity index (χ2v) is 5.69. The predicted molar refractivity (Wildman–Crippen MR) is 95.0 cm³/mol. The summed E-state index contributed by atoms with van der Waals surface area (Å²) in [6.07, 6.45) is 3.47. The first-order valence-corrected chi connectivity index (χ1v) is 7.65. The van der Waals surface area contributed by atoms with Gasteiger partial charge in [0.15, 0.2) is 5.43 Å². The second-order valence-electron chi connectivity index (χ2n) is 5.69. The predicted octanol–water partition coefficient (Wildman–Crippen LogP) is 3.62. The van der Waals surface area contributed by atoms with Crippen molar-refractivity contribution >= 4 is 32.8 Å². The highest BCUT2D eigenvalue weighted by atomic mass is 16.1. The Balaban J connectivity index is 1.82. The average molecular weight is 312 g/mol. The molecule has 0 atom stereocenters. The largest absolute Gasteiger partial charge is 0.360 e. The molecule has 0 aliphatic heterocycles. The van der Waals surface area contributed by atoms with Crippen LogP contribution >= 0.6 is 0 Å². The first kappa shape index (κ1) is 13.0. The molecule has 2 aromatic carbocycles. The van der Waals surface area contributed by atoms with Crippen molar-refractivity contribution in [2.24, 2.45) is 0 Å². The fourth-order valence-electron chi connectivity index (χ4n) is 3.10. The number of hydrogen-bond donors (Lipinski definition) is 2. The summed E-state index contributed by atoms with van der Waals surface area (Å²) in [5.74, 6) is 0.563. The van der Waals surface area contributed by atoms with Crippen LogP contribution in [0.4, 0.5) is 0 Å². The Hall–Kier alpha value is -3.47. The molecule has 0 aliphatic carbocycles.